The van der Waals surface area contributed by atoms with Gasteiger partial charge in [0.25, 0.3) is 0 Å². The number of hydrogen-bond donors (Lipinski definition) is 0. The molecule has 3 nitrogen and oxygen atoms in total. The second-order valence-electron chi connectivity index (χ2n) is 4.08. The molecule has 0 aromatic carbocycles. The van der Waals surface area contributed by atoms with Crippen molar-refractivity contribution in [1.82, 2.24) is 4.98 Å². The Morgan fingerprint density at radius 3 is 2.76 bits per heavy atom. The molecule has 0 bridgehead atoms. The molecule has 1 heterocycles. The molecule has 0 saturated heterocycles. The molecule has 0 atom stereocenters. The maximum Gasteiger partial charge on any atom is 0.231 e. The summed E-state index contributed by atoms with van der Waals surface area (Å²) in [6, 6.07) is 5.55. The van der Waals surface area contributed by atoms with E-state index in [0.29, 0.717) is 18.1 Å². The van der Waals surface area contributed by atoms with Gasteiger partial charge in [-0.3, -0.25) is 0 Å². The maximum absolute atomic E-state index is 8.85. The van der Waals surface area contributed by atoms with E-state index in [4.69, 9.17) is 10.00 Å². The molecule has 0 radical (unpaired) electrons. The molecule has 0 fully saturated rings. The molecule has 1 aromatic rings. The van der Waals surface area contributed by atoms with Crippen LogP contribution < -0.4 is 4.74 Å². The largest absolute Gasteiger partial charge is 0.477 e. The lowest BCUT2D eigenvalue weighted by molar-refractivity contribution is 0.292. The van der Waals surface area contributed by atoms with Crippen LogP contribution in [-0.2, 0) is 0 Å². The van der Waals surface area contributed by atoms with Crippen molar-refractivity contribution in [1.29, 1.82) is 5.26 Å². The summed E-state index contributed by atoms with van der Waals surface area (Å²) in [5, 5.41) is 8.85. The molecule has 1 rings (SSSR count). The lowest BCUT2D eigenvalue weighted by Gasteiger charge is -2.05. The lowest BCUT2D eigenvalue weighted by Crippen LogP contribution is -2.00. The number of pyridine rings is 1. The highest BCUT2D eigenvalue weighted by atomic mass is 16.5. The summed E-state index contributed by atoms with van der Waals surface area (Å²) in [6.45, 7) is 2.87. The third kappa shape index (κ3) is 5.35. The van der Waals surface area contributed by atoms with Crippen LogP contribution in [0.4, 0.5) is 0 Å². The van der Waals surface area contributed by atoms with Gasteiger partial charge in [0.1, 0.15) is 11.6 Å². The topological polar surface area (TPSA) is 45.9 Å². The molecule has 0 aliphatic heterocycles. The van der Waals surface area contributed by atoms with E-state index in [1.165, 1.54) is 32.1 Å². The first-order valence-corrected chi connectivity index (χ1v) is 6.36. The molecule has 0 spiro atoms. The Morgan fingerprint density at radius 2 is 2.00 bits per heavy atom. The molecule has 0 saturated carbocycles. The highest BCUT2D eigenvalue weighted by molar-refractivity contribution is 5.36. The van der Waals surface area contributed by atoms with Crippen LogP contribution in [0.15, 0.2) is 18.3 Å². The molecular weight excluding hydrogens is 212 g/mol. The molecule has 1 aromatic heterocycles. The van der Waals surface area contributed by atoms with Crippen molar-refractivity contribution < 1.29 is 4.74 Å². The van der Waals surface area contributed by atoms with Gasteiger partial charge in [-0.15, -0.1) is 0 Å². The molecular formula is C14H20N2O. The van der Waals surface area contributed by atoms with Gasteiger partial charge < -0.3 is 4.74 Å². The van der Waals surface area contributed by atoms with Crippen molar-refractivity contribution in [2.75, 3.05) is 6.61 Å². The Kier molecular flexibility index (Phi) is 6.81. The summed E-state index contributed by atoms with van der Waals surface area (Å²) in [5.74, 6) is 0.462. The number of ether oxygens (including phenoxy) is 1. The number of aromatic nitrogens is 1. The van der Waals surface area contributed by atoms with Gasteiger partial charge in [0.05, 0.1) is 6.61 Å². The van der Waals surface area contributed by atoms with Gasteiger partial charge >= 0.3 is 0 Å². The van der Waals surface area contributed by atoms with E-state index >= 15 is 0 Å². The second kappa shape index (κ2) is 8.58. The van der Waals surface area contributed by atoms with Crippen LogP contribution in [0.3, 0.4) is 0 Å². The first-order chi connectivity index (χ1) is 8.38. The van der Waals surface area contributed by atoms with Crippen molar-refractivity contribution in [2.24, 2.45) is 0 Å². The van der Waals surface area contributed by atoms with E-state index in [-0.39, 0.29) is 0 Å². The Hall–Kier alpha value is -1.56. The summed E-state index contributed by atoms with van der Waals surface area (Å²) in [6.07, 6.45) is 9.04. The monoisotopic (exact) mass is 232 g/mol. The smallest absolute Gasteiger partial charge is 0.231 e. The second-order valence-corrected chi connectivity index (χ2v) is 4.08. The Labute approximate surface area is 103 Å². The van der Waals surface area contributed by atoms with E-state index in [2.05, 4.69) is 18.0 Å². The molecule has 0 N–H and O–H groups in total. The summed E-state index contributed by atoms with van der Waals surface area (Å²) in [7, 11) is 0. The first kappa shape index (κ1) is 13.5. The number of hydrogen-bond acceptors (Lipinski definition) is 3. The standard InChI is InChI=1S/C14H20N2O/c1-2-3-4-5-6-7-11-17-14-13(12-15)9-8-10-16-14/h8-10H,2-7,11H2,1H3. The SMILES string of the molecule is CCCCCCCCOc1ncccc1C#N. The fourth-order valence-electron chi connectivity index (χ4n) is 1.64. The molecule has 92 valence electrons. The van der Waals surface area contributed by atoms with E-state index < -0.39 is 0 Å². The fraction of sp³-hybridized carbons (Fsp3) is 0.571. The van der Waals surface area contributed by atoms with Gasteiger partial charge in [-0.25, -0.2) is 4.98 Å². The minimum Gasteiger partial charge on any atom is -0.477 e. The highest BCUT2D eigenvalue weighted by Crippen LogP contribution is 2.13. The number of unbranched alkanes of at least 4 members (excludes halogenated alkanes) is 5. The van der Waals surface area contributed by atoms with Crippen molar-refractivity contribution in [3.63, 3.8) is 0 Å². The van der Waals surface area contributed by atoms with Crippen molar-refractivity contribution in [3.05, 3.63) is 23.9 Å². The van der Waals surface area contributed by atoms with Crippen LogP contribution in [0.25, 0.3) is 0 Å². The van der Waals surface area contributed by atoms with Crippen LogP contribution in [0.1, 0.15) is 51.0 Å². The minimum atomic E-state index is 0.462. The quantitative estimate of drug-likeness (QED) is 0.642. The van der Waals surface area contributed by atoms with Crippen LogP contribution in [0.5, 0.6) is 5.88 Å². The van der Waals surface area contributed by atoms with Gasteiger partial charge in [-0.1, -0.05) is 39.0 Å². The minimum absolute atomic E-state index is 0.462. The Morgan fingerprint density at radius 1 is 1.24 bits per heavy atom. The lowest BCUT2D eigenvalue weighted by atomic mass is 10.1. The van der Waals surface area contributed by atoms with Gasteiger partial charge in [-0.2, -0.15) is 5.26 Å². The molecule has 0 unspecified atom stereocenters. The van der Waals surface area contributed by atoms with Crippen molar-refractivity contribution >= 4 is 0 Å². The van der Waals surface area contributed by atoms with Crippen LogP contribution in [-0.4, -0.2) is 11.6 Å². The van der Waals surface area contributed by atoms with Gasteiger partial charge in [0, 0.05) is 6.20 Å². The summed E-state index contributed by atoms with van der Waals surface area (Å²) in [5.41, 5.74) is 0.512. The molecule has 3 heteroatoms. The predicted molar refractivity (Wildman–Crippen MR) is 67.8 cm³/mol. The zero-order valence-electron chi connectivity index (χ0n) is 10.5. The summed E-state index contributed by atoms with van der Waals surface area (Å²) < 4.78 is 5.50. The third-order valence-corrected chi connectivity index (χ3v) is 2.63. The third-order valence-electron chi connectivity index (χ3n) is 2.63. The molecule has 0 amide bonds. The number of nitriles is 1. The average molecular weight is 232 g/mol. The number of rotatable bonds is 8. The molecule has 17 heavy (non-hydrogen) atoms. The van der Waals surface area contributed by atoms with Crippen LogP contribution in [0.2, 0.25) is 0 Å². The van der Waals surface area contributed by atoms with E-state index in [9.17, 15) is 0 Å². The predicted octanol–water partition coefficient (Wildman–Crippen LogP) is 3.69. The molecule has 0 aliphatic rings. The Bertz CT molecular complexity index is 357. The van der Waals surface area contributed by atoms with Crippen molar-refractivity contribution in [3.8, 4) is 11.9 Å². The highest BCUT2D eigenvalue weighted by Gasteiger charge is 2.02. The average Bonchev–Trinajstić information content (AvgIpc) is 2.38. The number of nitrogens with zero attached hydrogens (tertiary/aromatic N) is 2. The van der Waals surface area contributed by atoms with Crippen molar-refractivity contribution in [2.45, 2.75) is 45.4 Å². The zero-order valence-corrected chi connectivity index (χ0v) is 10.5. The zero-order chi connectivity index (χ0) is 12.3. The summed E-state index contributed by atoms with van der Waals surface area (Å²) >= 11 is 0. The maximum atomic E-state index is 8.85. The first-order valence-electron chi connectivity index (χ1n) is 6.36. The Balaban J connectivity index is 2.16. The van der Waals surface area contributed by atoms with Gasteiger partial charge in [0.15, 0.2) is 0 Å². The van der Waals surface area contributed by atoms with Crippen LogP contribution in [0, 0.1) is 11.3 Å². The van der Waals surface area contributed by atoms with E-state index in [1.807, 2.05) is 0 Å². The van der Waals surface area contributed by atoms with Crippen LogP contribution >= 0.6 is 0 Å². The fourth-order valence-corrected chi connectivity index (χ4v) is 1.64. The van der Waals surface area contributed by atoms with E-state index in [0.717, 1.165) is 6.42 Å². The van der Waals surface area contributed by atoms with Gasteiger partial charge in [0.2, 0.25) is 5.88 Å². The molecule has 0 aliphatic carbocycles. The summed E-state index contributed by atoms with van der Waals surface area (Å²) in [4.78, 5) is 4.05. The van der Waals surface area contributed by atoms with E-state index in [1.54, 1.807) is 18.3 Å². The normalized spacial score (nSPS) is 9.88. The van der Waals surface area contributed by atoms with Gasteiger partial charge in [-0.05, 0) is 18.6 Å².